The molecule has 0 saturated carbocycles. The van der Waals surface area contributed by atoms with Crippen molar-refractivity contribution in [3.63, 3.8) is 0 Å². The molecule has 2 aromatic rings. The quantitative estimate of drug-likeness (QED) is 0.738. The molecule has 1 heterocycles. The third-order valence-corrected chi connectivity index (χ3v) is 2.41. The maximum absolute atomic E-state index is 10.9. The zero-order valence-electron chi connectivity index (χ0n) is 9.06. The molecule has 0 radical (unpaired) electrons. The monoisotopic (exact) mass is 217 g/mol. The summed E-state index contributed by atoms with van der Waals surface area (Å²) in [4.78, 5) is 15.1. The summed E-state index contributed by atoms with van der Waals surface area (Å²) in [5.74, 6) is 1.19. The summed E-state index contributed by atoms with van der Waals surface area (Å²) in [5, 5.41) is 0.759. The molecule has 16 heavy (non-hydrogen) atoms. The second kappa shape index (κ2) is 4.18. The predicted octanol–water partition coefficient (Wildman–Crippen LogP) is 2.06. The van der Waals surface area contributed by atoms with E-state index in [9.17, 15) is 4.79 Å². The Kier molecular flexibility index (Phi) is 2.72. The average Bonchev–Trinajstić information content (AvgIpc) is 2.36. The van der Waals surface area contributed by atoms with Crippen LogP contribution in [0.3, 0.4) is 0 Å². The van der Waals surface area contributed by atoms with Crippen LogP contribution in [0.5, 0.6) is 11.5 Å². The summed E-state index contributed by atoms with van der Waals surface area (Å²) in [7, 11) is 3.12. The number of benzene rings is 1. The largest absolute Gasteiger partial charge is 0.493 e. The SMILES string of the molecule is COc1cc2nccc(C=O)c2cc1OC. The van der Waals surface area contributed by atoms with Crippen LogP contribution in [0.15, 0.2) is 24.4 Å². The molecule has 0 bridgehead atoms. The zero-order chi connectivity index (χ0) is 11.5. The fourth-order valence-electron chi connectivity index (χ4n) is 1.60. The standard InChI is InChI=1S/C12H11NO3/c1-15-11-5-9-8(7-14)3-4-13-10(9)6-12(11)16-2/h3-7H,1-2H3. The van der Waals surface area contributed by atoms with Gasteiger partial charge in [0, 0.05) is 23.2 Å². The molecule has 0 aliphatic carbocycles. The summed E-state index contributed by atoms with van der Waals surface area (Å²) in [6, 6.07) is 5.17. The molecule has 0 amide bonds. The Bertz CT molecular complexity index is 537. The van der Waals surface area contributed by atoms with Gasteiger partial charge in [0.05, 0.1) is 19.7 Å². The molecule has 0 saturated heterocycles. The van der Waals surface area contributed by atoms with Crippen molar-refractivity contribution in [2.24, 2.45) is 0 Å². The van der Waals surface area contributed by atoms with Crippen molar-refractivity contribution in [3.8, 4) is 11.5 Å². The van der Waals surface area contributed by atoms with Gasteiger partial charge in [-0.2, -0.15) is 0 Å². The minimum absolute atomic E-state index is 0.589. The van der Waals surface area contributed by atoms with E-state index in [1.165, 1.54) is 0 Å². The Morgan fingerprint density at radius 2 is 1.88 bits per heavy atom. The summed E-state index contributed by atoms with van der Waals surface area (Å²) >= 11 is 0. The van der Waals surface area contributed by atoms with Crippen molar-refractivity contribution in [2.75, 3.05) is 14.2 Å². The summed E-state index contributed by atoms with van der Waals surface area (Å²) in [5.41, 5.74) is 1.30. The minimum atomic E-state index is 0.589. The predicted molar refractivity (Wildman–Crippen MR) is 60.2 cm³/mol. The highest BCUT2D eigenvalue weighted by Crippen LogP contribution is 2.32. The zero-order valence-corrected chi connectivity index (χ0v) is 9.06. The lowest BCUT2D eigenvalue weighted by molar-refractivity contribution is 0.112. The number of ether oxygens (including phenoxy) is 2. The van der Waals surface area contributed by atoms with Gasteiger partial charge in [-0.1, -0.05) is 0 Å². The van der Waals surface area contributed by atoms with Crippen LogP contribution < -0.4 is 9.47 Å². The summed E-state index contributed by atoms with van der Waals surface area (Å²) in [6.07, 6.45) is 2.40. The molecule has 0 aliphatic rings. The molecule has 1 aromatic carbocycles. The van der Waals surface area contributed by atoms with Gasteiger partial charge in [0.15, 0.2) is 17.8 Å². The number of carbonyl (C=O) groups is 1. The number of aromatic nitrogens is 1. The lowest BCUT2D eigenvalue weighted by Gasteiger charge is -2.09. The number of hydrogen-bond donors (Lipinski definition) is 0. The van der Waals surface area contributed by atoms with Gasteiger partial charge in [0.2, 0.25) is 0 Å². The number of methoxy groups -OCH3 is 2. The number of aldehydes is 1. The Morgan fingerprint density at radius 3 is 2.50 bits per heavy atom. The van der Waals surface area contributed by atoms with Crippen molar-refractivity contribution in [2.45, 2.75) is 0 Å². The van der Waals surface area contributed by atoms with Crippen LogP contribution in [0.1, 0.15) is 10.4 Å². The second-order valence-electron chi connectivity index (χ2n) is 3.24. The van der Waals surface area contributed by atoms with Gasteiger partial charge in [-0.15, -0.1) is 0 Å². The maximum atomic E-state index is 10.9. The first-order valence-electron chi connectivity index (χ1n) is 4.76. The number of nitrogens with zero attached hydrogens (tertiary/aromatic N) is 1. The maximum Gasteiger partial charge on any atom is 0.162 e. The molecule has 82 valence electrons. The number of rotatable bonds is 3. The fraction of sp³-hybridized carbons (Fsp3) is 0.167. The van der Waals surface area contributed by atoms with Gasteiger partial charge in [0.25, 0.3) is 0 Å². The van der Waals surface area contributed by atoms with E-state index >= 15 is 0 Å². The molecule has 0 unspecified atom stereocenters. The molecule has 2 rings (SSSR count). The third-order valence-electron chi connectivity index (χ3n) is 2.41. The van der Waals surface area contributed by atoms with Crippen LogP contribution >= 0.6 is 0 Å². The Balaban J connectivity index is 2.77. The van der Waals surface area contributed by atoms with E-state index in [4.69, 9.17) is 9.47 Å². The highest BCUT2D eigenvalue weighted by atomic mass is 16.5. The van der Waals surface area contributed by atoms with E-state index in [0.717, 1.165) is 11.7 Å². The van der Waals surface area contributed by atoms with Gasteiger partial charge >= 0.3 is 0 Å². The molecule has 4 heteroatoms. The fourth-order valence-corrected chi connectivity index (χ4v) is 1.60. The first-order chi connectivity index (χ1) is 7.80. The first-order valence-corrected chi connectivity index (χ1v) is 4.76. The highest BCUT2D eigenvalue weighted by Gasteiger charge is 2.08. The van der Waals surface area contributed by atoms with Crippen molar-refractivity contribution in [1.29, 1.82) is 0 Å². The van der Waals surface area contributed by atoms with Crippen LogP contribution in [-0.4, -0.2) is 25.5 Å². The number of hydrogen-bond acceptors (Lipinski definition) is 4. The van der Waals surface area contributed by atoms with Crippen LogP contribution in [0, 0.1) is 0 Å². The lowest BCUT2D eigenvalue weighted by atomic mass is 10.1. The molecule has 0 spiro atoms. The molecule has 0 aliphatic heterocycles. The lowest BCUT2D eigenvalue weighted by Crippen LogP contribution is -1.93. The highest BCUT2D eigenvalue weighted by molar-refractivity contribution is 5.97. The van der Waals surface area contributed by atoms with Gasteiger partial charge in [-0.05, 0) is 12.1 Å². The van der Waals surface area contributed by atoms with E-state index in [1.807, 2.05) is 0 Å². The third kappa shape index (κ3) is 1.58. The molecule has 4 nitrogen and oxygen atoms in total. The van der Waals surface area contributed by atoms with Crippen LogP contribution in [-0.2, 0) is 0 Å². The Hall–Kier alpha value is -2.10. The van der Waals surface area contributed by atoms with Crippen LogP contribution in [0.25, 0.3) is 10.9 Å². The smallest absolute Gasteiger partial charge is 0.162 e. The van der Waals surface area contributed by atoms with Crippen LogP contribution in [0.4, 0.5) is 0 Å². The van der Waals surface area contributed by atoms with E-state index in [0.29, 0.717) is 22.6 Å². The molecule has 0 fully saturated rings. The first kappa shape index (κ1) is 10.4. The number of pyridine rings is 1. The molecule has 0 N–H and O–H groups in total. The van der Waals surface area contributed by atoms with E-state index < -0.39 is 0 Å². The van der Waals surface area contributed by atoms with Gasteiger partial charge < -0.3 is 9.47 Å². The summed E-state index contributed by atoms with van der Waals surface area (Å²) in [6.45, 7) is 0. The van der Waals surface area contributed by atoms with E-state index in [2.05, 4.69) is 4.98 Å². The summed E-state index contributed by atoms with van der Waals surface area (Å²) < 4.78 is 10.3. The topological polar surface area (TPSA) is 48.4 Å². The Labute approximate surface area is 92.8 Å². The van der Waals surface area contributed by atoms with E-state index in [1.54, 1.807) is 38.6 Å². The van der Waals surface area contributed by atoms with Crippen molar-refractivity contribution >= 4 is 17.2 Å². The van der Waals surface area contributed by atoms with Gasteiger partial charge in [0.1, 0.15) is 0 Å². The minimum Gasteiger partial charge on any atom is -0.493 e. The molecular formula is C12H11NO3. The normalized spacial score (nSPS) is 10.1. The van der Waals surface area contributed by atoms with Crippen molar-refractivity contribution in [3.05, 3.63) is 30.0 Å². The van der Waals surface area contributed by atoms with E-state index in [-0.39, 0.29) is 0 Å². The van der Waals surface area contributed by atoms with Crippen LogP contribution in [0.2, 0.25) is 0 Å². The van der Waals surface area contributed by atoms with Gasteiger partial charge in [-0.25, -0.2) is 0 Å². The van der Waals surface area contributed by atoms with Crippen molar-refractivity contribution in [1.82, 2.24) is 4.98 Å². The number of fused-ring (bicyclic) bond motifs is 1. The molecular weight excluding hydrogens is 206 g/mol. The molecule has 1 aromatic heterocycles. The average molecular weight is 217 g/mol. The van der Waals surface area contributed by atoms with Gasteiger partial charge in [-0.3, -0.25) is 9.78 Å². The Morgan fingerprint density at radius 1 is 1.19 bits per heavy atom. The second-order valence-corrected chi connectivity index (χ2v) is 3.24. The van der Waals surface area contributed by atoms with Crippen molar-refractivity contribution < 1.29 is 14.3 Å². The molecule has 0 atom stereocenters. The number of carbonyl (C=O) groups excluding carboxylic acids is 1.